The van der Waals surface area contributed by atoms with Crippen molar-refractivity contribution in [2.24, 2.45) is 0 Å². The minimum absolute atomic E-state index is 0.513. The Labute approximate surface area is 98.1 Å². The Hall–Kier alpha value is -1.73. The van der Waals surface area contributed by atoms with Gasteiger partial charge in [-0.15, -0.1) is 11.8 Å². The van der Waals surface area contributed by atoms with Crippen LogP contribution in [0.3, 0.4) is 0 Å². The van der Waals surface area contributed by atoms with Gasteiger partial charge in [0.25, 0.3) is 0 Å². The number of aryl methyl sites for hydroxylation is 1. The van der Waals surface area contributed by atoms with Gasteiger partial charge in [-0.1, -0.05) is 12.1 Å². The van der Waals surface area contributed by atoms with Gasteiger partial charge in [-0.05, 0) is 25.3 Å². The number of hydrogen-bond acceptors (Lipinski definition) is 4. The van der Waals surface area contributed by atoms with Crippen LogP contribution < -0.4 is 0 Å². The van der Waals surface area contributed by atoms with E-state index in [0.717, 1.165) is 16.3 Å². The molecule has 2 rings (SSSR count). The molecule has 1 aromatic heterocycles. The second-order valence-corrected chi connectivity index (χ2v) is 4.04. The Kier molecular flexibility index (Phi) is 2.97. The summed E-state index contributed by atoms with van der Waals surface area (Å²) in [5.41, 5.74) is 1.32. The first-order chi connectivity index (χ1) is 7.76. The van der Waals surface area contributed by atoms with Crippen molar-refractivity contribution in [2.75, 3.05) is 6.26 Å². The molecule has 0 radical (unpaired) electrons. The average Bonchev–Trinajstić information content (AvgIpc) is 2.70. The first-order valence-corrected chi connectivity index (χ1v) is 5.99. The normalized spacial score (nSPS) is 10.1. The SMILES string of the molecule is CSc1nc(-c2ccccc2C#N)oc1C. The molecule has 0 fully saturated rings. The minimum atomic E-state index is 0.513. The molecule has 0 spiro atoms. The summed E-state index contributed by atoms with van der Waals surface area (Å²) in [4.78, 5) is 4.35. The Bertz CT molecular complexity index is 554. The van der Waals surface area contributed by atoms with Crippen molar-refractivity contribution in [1.82, 2.24) is 4.98 Å². The highest BCUT2D eigenvalue weighted by Crippen LogP contribution is 2.28. The molecule has 4 heteroatoms. The minimum Gasteiger partial charge on any atom is -0.440 e. The third-order valence-electron chi connectivity index (χ3n) is 2.23. The summed E-state index contributed by atoms with van der Waals surface area (Å²) < 4.78 is 5.55. The molecule has 2 aromatic rings. The fraction of sp³-hybridized carbons (Fsp3) is 0.167. The zero-order chi connectivity index (χ0) is 11.5. The van der Waals surface area contributed by atoms with Gasteiger partial charge in [0.2, 0.25) is 5.89 Å². The summed E-state index contributed by atoms with van der Waals surface area (Å²) in [5, 5.41) is 9.85. The van der Waals surface area contributed by atoms with Crippen molar-refractivity contribution >= 4 is 11.8 Å². The third-order valence-corrected chi connectivity index (χ3v) is 2.99. The standard InChI is InChI=1S/C12H10N2OS/c1-8-12(16-2)14-11(15-8)10-6-4-3-5-9(10)7-13/h3-6H,1-2H3. The molecule has 80 valence electrons. The van der Waals surface area contributed by atoms with Gasteiger partial charge >= 0.3 is 0 Å². The lowest BCUT2D eigenvalue weighted by Crippen LogP contribution is -1.83. The maximum Gasteiger partial charge on any atom is 0.228 e. The van der Waals surface area contributed by atoms with Crippen LogP contribution in [-0.2, 0) is 0 Å². The lowest BCUT2D eigenvalue weighted by Gasteiger charge is -1.96. The van der Waals surface area contributed by atoms with Crippen LogP contribution >= 0.6 is 11.8 Å². The van der Waals surface area contributed by atoms with E-state index in [-0.39, 0.29) is 0 Å². The lowest BCUT2D eigenvalue weighted by atomic mass is 10.1. The number of aromatic nitrogens is 1. The van der Waals surface area contributed by atoms with Gasteiger partial charge in [0, 0.05) is 0 Å². The molecule has 0 unspecified atom stereocenters. The van der Waals surface area contributed by atoms with Gasteiger partial charge in [-0.25, -0.2) is 4.98 Å². The third kappa shape index (κ3) is 1.82. The Morgan fingerprint density at radius 2 is 2.12 bits per heavy atom. The Morgan fingerprint density at radius 1 is 1.38 bits per heavy atom. The number of oxazole rings is 1. The van der Waals surface area contributed by atoms with Crippen molar-refractivity contribution in [1.29, 1.82) is 5.26 Å². The molecule has 16 heavy (non-hydrogen) atoms. The monoisotopic (exact) mass is 230 g/mol. The van der Waals surface area contributed by atoms with Gasteiger partial charge < -0.3 is 4.42 Å². The van der Waals surface area contributed by atoms with Crippen molar-refractivity contribution in [3.63, 3.8) is 0 Å². The maximum atomic E-state index is 8.99. The highest BCUT2D eigenvalue weighted by atomic mass is 32.2. The predicted molar refractivity (Wildman–Crippen MR) is 63.2 cm³/mol. The molecule has 0 atom stereocenters. The molecular weight excluding hydrogens is 220 g/mol. The molecule has 0 N–H and O–H groups in total. The molecule has 0 aliphatic rings. The summed E-state index contributed by atoms with van der Waals surface area (Å²) in [6, 6.07) is 9.43. The van der Waals surface area contributed by atoms with Crippen LogP contribution in [0.15, 0.2) is 33.7 Å². The molecule has 0 bridgehead atoms. The van der Waals surface area contributed by atoms with Crippen LogP contribution in [0.5, 0.6) is 0 Å². The number of nitriles is 1. The smallest absolute Gasteiger partial charge is 0.228 e. The number of rotatable bonds is 2. The first-order valence-electron chi connectivity index (χ1n) is 4.77. The van der Waals surface area contributed by atoms with Crippen LogP contribution in [0.4, 0.5) is 0 Å². The summed E-state index contributed by atoms with van der Waals surface area (Å²) in [6.45, 7) is 1.87. The maximum absolute atomic E-state index is 8.99. The van der Waals surface area contributed by atoms with E-state index in [0.29, 0.717) is 11.5 Å². The molecule has 1 heterocycles. The second kappa shape index (κ2) is 4.42. The summed E-state index contributed by atoms with van der Waals surface area (Å²) in [7, 11) is 0. The first kappa shape index (κ1) is 10.8. The van der Waals surface area contributed by atoms with Gasteiger partial charge in [-0.2, -0.15) is 5.26 Å². The van der Waals surface area contributed by atoms with E-state index in [1.165, 1.54) is 11.8 Å². The van der Waals surface area contributed by atoms with E-state index >= 15 is 0 Å². The number of thioether (sulfide) groups is 1. The molecule has 0 aliphatic carbocycles. The van der Waals surface area contributed by atoms with E-state index in [4.69, 9.17) is 9.68 Å². The number of hydrogen-bond donors (Lipinski definition) is 0. The fourth-order valence-electron chi connectivity index (χ4n) is 1.45. The summed E-state index contributed by atoms with van der Waals surface area (Å²) in [6.07, 6.45) is 1.95. The highest BCUT2D eigenvalue weighted by Gasteiger charge is 2.13. The fourth-order valence-corrected chi connectivity index (χ4v) is 1.96. The predicted octanol–water partition coefficient (Wildman–Crippen LogP) is 3.24. The van der Waals surface area contributed by atoms with Crippen molar-refractivity contribution in [3.8, 4) is 17.5 Å². The van der Waals surface area contributed by atoms with Crippen LogP contribution in [-0.4, -0.2) is 11.2 Å². The van der Waals surface area contributed by atoms with Gasteiger partial charge in [0.15, 0.2) is 0 Å². The molecule has 0 amide bonds. The van der Waals surface area contributed by atoms with Crippen LogP contribution in [0, 0.1) is 18.3 Å². The molecular formula is C12H10N2OS. The second-order valence-electron chi connectivity index (χ2n) is 3.24. The summed E-state index contributed by atoms with van der Waals surface area (Å²) >= 11 is 1.54. The molecule has 0 saturated heterocycles. The van der Waals surface area contributed by atoms with E-state index < -0.39 is 0 Å². The lowest BCUT2D eigenvalue weighted by molar-refractivity contribution is 0.537. The van der Waals surface area contributed by atoms with Crippen molar-refractivity contribution in [2.45, 2.75) is 11.9 Å². The zero-order valence-corrected chi connectivity index (χ0v) is 9.84. The van der Waals surface area contributed by atoms with Crippen molar-refractivity contribution < 1.29 is 4.42 Å². The molecule has 0 aliphatic heterocycles. The summed E-state index contributed by atoms with van der Waals surface area (Å²) in [5.74, 6) is 1.30. The number of benzene rings is 1. The average molecular weight is 230 g/mol. The van der Waals surface area contributed by atoms with E-state index in [1.54, 1.807) is 6.07 Å². The largest absolute Gasteiger partial charge is 0.440 e. The molecule has 0 saturated carbocycles. The topological polar surface area (TPSA) is 49.8 Å². The van der Waals surface area contributed by atoms with E-state index in [2.05, 4.69) is 11.1 Å². The number of nitrogens with zero attached hydrogens (tertiary/aromatic N) is 2. The van der Waals surface area contributed by atoms with E-state index in [1.807, 2.05) is 31.4 Å². The molecule has 3 nitrogen and oxygen atoms in total. The Morgan fingerprint density at radius 3 is 2.75 bits per heavy atom. The van der Waals surface area contributed by atoms with Crippen LogP contribution in [0.25, 0.3) is 11.5 Å². The van der Waals surface area contributed by atoms with Gasteiger partial charge in [0.05, 0.1) is 17.2 Å². The van der Waals surface area contributed by atoms with Crippen molar-refractivity contribution in [3.05, 3.63) is 35.6 Å². The van der Waals surface area contributed by atoms with Crippen LogP contribution in [0.1, 0.15) is 11.3 Å². The Balaban J connectivity index is 2.55. The molecule has 1 aromatic carbocycles. The quantitative estimate of drug-likeness (QED) is 0.743. The zero-order valence-electron chi connectivity index (χ0n) is 9.02. The van der Waals surface area contributed by atoms with Gasteiger partial charge in [-0.3, -0.25) is 0 Å². The van der Waals surface area contributed by atoms with Crippen LogP contribution in [0.2, 0.25) is 0 Å². The van der Waals surface area contributed by atoms with Gasteiger partial charge in [0.1, 0.15) is 10.8 Å². The van der Waals surface area contributed by atoms with E-state index in [9.17, 15) is 0 Å². The highest BCUT2D eigenvalue weighted by molar-refractivity contribution is 7.98.